The first kappa shape index (κ1) is 24.0. The van der Waals surface area contributed by atoms with E-state index in [-0.39, 0.29) is 36.2 Å². The molecule has 7 heteroatoms. The monoisotopic (exact) mass is 441 g/mol. The number of aliphatic hydroxyl groups is 1. The summed E-state index contributed by atoms with van der Waals surface area (Å²) in [5.41, 5.74) is 2.73. The maximum Gasteiger partial charge on any atom is 0.247 e. The molecule has 3 N–H and O–H groups in total. The molecule has 0 unspecified atom stereocenters. The zero-order chi connectivity index (χ0) is 23.4. The molecule has 2 aliphatic rings. The number of hydrogen-bond acceptors (Lipinski definition) is 4. The molecular formula is C25H35N3O4. The zero-order valence-corrected chi connectivity index (χ0v) is 19.4. The number of allylic oxidation sites excluding steroid dienone is 1. The van der Waals surface area contributed by atoms with Gasteiger partial charge in [-0.05, 0) is 56.2 Å². The summed E-state index contributed by atoms with van der Waals surface area (Å²) in [6.07, 6.45) is 6.04. The van der Waals surface area contributed by atoms with Crippen LogP contribution in [-0.4, -0.2) is 54.0 Å². The lowest BCUT2D eigenvalue weighted by atomic mass is 9.70. The fraction of sp³-hybridized carbons (Fsp3) is 0.560. The van der Waals surface area contributed by atoms with Crippen LogP contribution in [0.3, 0.4) is 0 Å². The van der Waals surface area contributed by atoms with Gasteiger partial charge in [-0.15, -0.1) is 0 Å². The van der Waals surface area contributed by atoms with Gasteiger partial charge in [-0.3, -0.25) is 14.4 Å². The maximum absolute atomic E-state index is 13.6. The summed E-state index contributed by atoms with van der Waals surface area (Å²) in [5, 5.41) is 14.8. The summed E-state index contributed by atoms with van der Waals surface area (Å²) < 4.78 is 0. The number of unbranched alkanes of at least 4 members (excludes halogenated alkanes) is 2. The van der Waals surface area contributed by atoms with Gasteiger partial charge in [0.25, 0.3) is 0 Å². The van der Waals surface area contributed by atoms with Crippen molar-refractivity contribution in [3.63, 3.8) is 0 Å². The van der Waals surface area contributed by atoms with E-state index in [0.29, 0.717) is 19.4 Å². The molecule has 32 heavy (non-hydrogen) atoms. The van der Waals surface area contributed by atoms with E-state index in [1.807, 2.05) is 51.1 Å². The number of amides is 3. The molecule has 1 aliphatic carbocycles. The molecule has 174 valence electrons. The van der Waals surface area contributed by atoms with Crippen LogP contribution >= 0.6 is 0 Å². The van der Waals surface area contributed by atoms with E-state index in [1.54, 1.807) is 11.9 Å². The predicted octanol–water partition coefficient (Wildman–Crippen LogP) is 2.42. The highest BCUT2D eigenvalue weighted by Crippen LogP contribution is 2.44. The summed E-state index contributed by atoms with van der Waals surface area (Å²) in [6, 6.07) is 5.22. The molecule has 0 aromatic heterocycles. The maximum atomic E-state index is 13.6. The van der Waals surface area contributed by atoms with Gasteiger partial charge in [-0.25, -0.2) is 0 Å². The SMILES string of the molecule is CNC(=O)[C@H]1[C@@H]2C(=O)N(CCCCCO)[C@H](C(=O)Nc3cc(C)ccc3C)[C@H]2C=C[C@H]1C. The van der Waals surface area contributed by atoms with Crippen LogP contribution in [0.25, 0.3) is 0 Å². The number of hydrogen-bond donors (Lipinski definition) is 3. The summed E-state index contributed by atoms with van der Waals surface area (Å²) in [5.74, 6) is -2.02. The average molecular weight is 442 g/mol. The smallest absolute Gasteiger partial charge is 0.247 e. The summed E-state index contributed by atoms with van der Waals surface area (Å²) in [6.45, 7) is 6.38. The Morgan fingerprint density at radius 2 is 1.84 bits per heavy atom. The molecule has 3 amide bonds. The minimum Gasteiger partial charge on any atom is -0.396 e. The van der Waals surface area contributed by atoms with Crippen molar-refractivity contribution < 1.29 is 19.5 Å². The molecule has 1 heterocycles. The lowest BCUT2D eigenvalue weighted by Gasteiger charge is -2.32. The number of rotatable bonds is 8. The van der Waals surface area contributed by atoms with Crippen molar-refractivity contribution in [2.24, 2.45) is 23.7 Å². The third kappa shape index (κ3) is 4.72. The molecule has 1 aromatic carbocycles. The van der Waals surface area contributed by atoms with Crippen LogP contribution in [-0.2, 0) is 14.4 Å². The van der Waals surface area contributed by atoms with Crippen molar-refractivity contribution in [1.82, 2.24) is 10.2 Å². The fourth-order valence-electron chi connectivity index (χ4n) is 5.05. The Kier molecular flexibility index (Phi) is 7.72. The molecular weight excluding hydrogens is 406 g/mol. The molecule has 1 saturated heterocycles. The number of anilines is 1. The number of likely N-dealkylation sites (tertiary alicyclic amines) is 1. The minimum absolute atomic E-state index is 0.0859. The Balaban J connectivity index is 1.93. The van der Waals surface area contributed by atoms with Gasteiger partial charge in [-0.2, -0.15) is 0 Å². The van der Waals surface area contributed by atoms with Gasteiger partial charge in [0.05, 0.1) is 11.8 Å². The molecule has 0 radical (unpaired) electrons. The third-order valence-corrected chi connectivity index (χ3v) is 6.80. The van der Waals surface area contributed by atoms with Crippen LogP contribution in [0.1, 0.15) is 37.3 Å². The number of fused-ring (bicyclic) bond motifs is 1. The first-order valence-electron chi connectivity index (χ1n) is 11.5. The Morgan fingerprint density at radius 3 is 2.53 bits per heavy atom. The van der Waals surface area contributed by atoms with Gasteiger partial charge in [0, 0.05) is 31.8 Å². The van der Waals surface area contributed by atoms with Gasteiger partial charge in [-0.1, -0.05) is 31.2 Å². The Bertz CT molecular complexity index is 897. The second kappa shape index (κ2) is 10.3. The van der Waals surface area contributed by atoms with Crippen molar-refractivity contribution in [3.8, 4) is 0 Å². The topological polar surface area (TPSA) is 98.7 Å². The quantitative estimate of drug-likeness (QED) is 0.426. The highest BCUT2D eigenvalue weighted by Gasteiger charge is 2.56. The molecule has 5 atom stereocenters. The lowest BCUT2D eigenvalue weighted by molar-refractivity contribution is -0.140. The van der Waals surface area contributed by atoms with Crippen molar-refractivity contribution >= 4 is 23.4 Å². The van der Waals surface area contributed by atoms with Crippen molar-refractivity contribution in [2.75, 3.05) is 25.5 Å². The zero-order valence-electron chi connectivity index (χ0n) is 19.4. The van der Waals surface area contributed by atoms with E-state index in [4.69, 9.17) is 5.11 Å². The van der Waals surface area contributed by atoms with Crippen molar-refractivity contribution in [3.05, 3.63) is 41.5 Å². The van der Waals surface area contributed by atoms with Crippen LogP contribution in [0.2, 0.25) is 0 Å². The molecule has 3 rings (SSSR count). The summed E-state index contributed by atoms with van der Waals surface area (Å²) >= 11 is 0. The van der Waals surface area contributed by atoms with Gasteiger partial charge in [0.2, 0.25) is 17.7 Å². The van der Waals surface area contributed by atoms with Gasteiger partial charge in [0.15, 0.2) is 0 Å². The molecule has 0 spiro atoms. The Hall–Kier alpha value is -2.67. The lowest BCUT2D eigenvalue weighted by Crippen LogP contribution is -2.45. The van der Waals surface area contributed by atoms with E-state index < -0.39 is 17.9 Å². The first-order valence-corrected chi connectivity index (χ1v) is 11.5. The largest absolute Gasteiger partial charge is 0.396 e. The average Bonchev–Trinajstić information content (AvgIpc) is 3.05. The normalized spacial score (nSPS) is 26.7. The van der Waals surface area contributed by atoms with Crippen LogP contribution < -0.4 is 10.6 Å². The van der Waals surface area contributed by atoms with Crippen LogP contribution in [0.15, 0.2) is 30.4 Å². The molecule has 1 aliphatic heterocycles. The Labute approximate surface area is 190 Å². The van der Waals surface area contributed by atoms with E-state index in [9.17, 15) is 14.4 Å². The van der Waals surface area contributed by atoms with Crippen LogP contribution in [0, 0.1) is 37.5 Å². The summed E-state index contributed by atoms with van der Waals surface area (Å²) in [4.78, 5) is 41.4. The Morgan fingerprint density at radius 1 is 1.09 bits per heavy atom. The highest BCUT2D eigenvalue weighted by atomic mass is 16.3. The van der Waals surface area contributed by atoms with E-state index >= 15 is 0 Å². The standard InChI is InChI=1S/C25H35N3O4/c1-15-8-9-16(2)19(14-15)27-24(31)22-18-11-10-17(3)20(23(30)26-4)21(18)25(32)28(22)12-6-5-7-13-29/h8-11,14,17-18,20-22,29H,5-7,12-13H2,1-4H3,(H,26,30)(H,27,31)/t17-,18+,20-,21-,22+/m1/s1. The number of nitrogens with zero attached hydrogens (tertiary/aromatic N) is 1. The second-order valence-corrected chi connectivity index (χ2v) is 9.06. The number of benzene rings is 1. The number of aryl methyl sites for hydroxylation is 2. The number of nitrogens with one attached hydrogen (secondary N) is 2. The minimum atomic E-state index is -0.669. The van der Waals surface area contributed by atoms with Crippen LogP contribution in [0.4, 0.5) is 5.69 Å². The van der Waals surface area contributed by atoms with Gasteiger partial charge in [0.1, 0.15) is 6.04 Å². The number of carbonyl (C=O) groups excluding carboxylic acids is 3. The highest BCUT2D eigenvalue weighted by molar-refractivity contribution is 6.02. The first-order chi connectivity index (χ1) is 15.3. The molecule has 0 saturated carbocycles. The van der Waals surface area contributed by atoms with Crippen LogP contribution in [0.5, 0.6) is 0 Å². The van der Waals surface area contributed by atoms with Gasteiger partial charge >= 0.3 is 0 Å². The molecule has 1 fully saturated rings. The number of aliphatic hydroxyl groups excluding tert-OH is 1. The molecule has 0 bridgehead atoms. The van der Waals surface area contributed by atoms with Crippen molar-refractivity contribution in [2.45, 2.75) is 46.1 Å². The third-order valence-electron chi connectivity index (χ3n) is 6.80. The van der Waals surface area contributed by atoms with Crippen molar-refractivity contribution in [1.29, 1.82) is 0 Å². The second-order valence-electron chi connectivity index (χ2n) is 9.06. The van der Waals surface area contributed by atoms with E-state index in [2.05, 4.69) is 10.6 Å². The molecule has 7 nitrogen and oxygen atoms in total. The fourth-order valence-corrected chi connectivity index (χ4v) is 5.05. The van der Waals surface area contributed by atoms with E-state index in [1.165, 1.54) is 0 Å². The van der Waals surface area contributed by atoms with E-state index in [0.717, 1.165) is 23.2 Å². The predicted molar refractivity (Wildman–Crippen MR) is 124 cm³/mol. The molecule has 1 aromatic rings. The summed E-state index contributed by atoms with van der Waals surface area (Å²) in [7, 11) is 1.58. The number of carbonyl (C=O) groups is 3. The van der Waals surface area contributed by atoms with Gasteiger partial charge < -0.3 is 20.6 Å².